The van der Waals surface area contributed by atoms with Crippen molar-refractivity contribution in [2.45, 2.75) is 18.1 Å². The molecule has 0 aromatic heterocycles. The lowest BCUT2D eigenvalue weighted by atomic mass is 10.0. The van der Waals surface area contributed by atoms with Gasteiger partial charge in [0.2, 0.25) is 10.0 Å². The summed E-state index contributed by atoms with van der Waals surface area (Å²) in [6.07, 6.45) is 8.52. The molecule has 0 amide bonds. The lowest BCUT2D eigenvalue weighted by molar-refractivity contribution is 0.250. The molecular weight excluding hydrogens is 278 g/mol. The molecule has 1 heterocycles. The van der Waals surface area contributed by atoms with Crippen LogP contribution in [0.5, 0.6) is 0 Å². The molecular formula is C11H12ClNO4S. The molecule has 2 aliphatic rings. The smallest absolute Gasteiger partial charge is 0.223 e. The fourth-order valence-corrected chi connectivity index (χ4v) is 3.27. The van der Waals surface area contributed by atoms with Gasteiger partial charge in [-0.25, -0.2) is 13.6 Å². The van der Waals surface area contributed by atoms with Crippen molar-refractivity contribution in [1.29, 1.82) is 0 Å². The molecule has 1 aliphatic carbocycles. The van der Waals surface area contributed by atoms with E-state index in [2.05, 4.69) is 0 Å². The maximum atomic E-state index is 11.7. The van der Waals surface area contributed by atoms with E-state index in [4.69, 9.17) is 26.2 Å². The van der Waals surface area contributed by atoms with Gasteiger partial charge in [-0.05, 0) is 24.5 Å². The first-order chi connectivity index (χ1) is 8.50. The first-order valence-corrected chi connectivity index (χ1v) is 7.23. The standard InChI is InChI=1S/C11H12ClNO4S/c12-9-4-2-1-3-8(9)11(18(13,14)15)10-7-16-5-6-17-10/h2,4-7,11H,1,3H2,(H2,13,14,15). The van der Waals surface area contributed by atoms with Crippen molar-refractivity contribution in [2.24, 2.45) is 5.14 Å². The number of rotatable bonds is 3. The van der Waals surface area contributed by atoms with Gasteiger partial charge in [0.05, 0.1) is 0 Å². The highest BCUT2D eigenvalue weighted by Gasteiger charge is 2.34. The molecule has 0 radical (unpaired) electrons. The SMILES string of the molecule is NS(=O)(=O)C(C1=COC=CO1)C1=C(Cl)C=CCC1. The highest BCUT2D eigenvalue weighted by atomic mass is 35.5. The highest BCUT2D eigenvalue weighted by Crippen LogP contribution is 2.32. The van der Waals surface area contributed by atoms with Crippen molar-refractivity contribution in [3.05, 3.63) is 47.3 Å². The molecule has 0 aromatic rings. The van der Waals surface area contributed by atoms with E-state index in [1.54, 1.807) is 6.08 Å². The molecule has 0 fully saturated rings. The summed E-state index contributed by atoms with van der Waals surface area (Å²) < 4.78 is 33.5. The summed E-state index contributed by atoms with van der Waals surface area (Å²) in [5.74, 6) is 0.114. The largest absolute Gasteiger partial charge is 0.466 e. The Morgan fingerprint density at radius 2 is 2.17 bits per heavy atom. The first-order valence-electron chi connectivity index (χ1n) is 5.24. The Bertz CT molecular complexity index is 560. The Hall–Kier alpha value is -1.24. The topological polar surface area (TPSA) is 78.6 Å². The zero-order valence-corrected chi connectivity index (χ0v) is 10.9. The predicted molar refractivity (Wildman–Crippen MR) is 67.5 cm³/mol. The number of sulfonamides is 1. The fourth-order valence-electron chi connectivity index (χ4n) is 1.84. The fraction of sp³-hybridized carbons (Fsp3) is 0.273. The van der Waals surface area contributed by atoms with E-state index in [0.717, 1.165) is 0 Å². The van der Waals surface area contributed by atoms with E-state index in [0.29, 0.717) is 23.4 Å². The molecule has 5 nitrogen and oxygen atoms in total. The van der Waals surface area contributed by atoms with Crippen molar-refractivity contribution < 1.29 is 17.9 Å². The summed E-state index contributed by atoms with van der Waals surface area (Å²) in [4.78, 5) is 0. The van der Waals surface area contributed by atoms with Gasteiger partial charge in [0.15, 0.2) is 11.0 Å². The van der Waals surface area contributed by atoms with E-state index in [-0.39, 0.29) is 5.76 Å². The summed E-state index contributed by atoms with van der Waals surface area (Å²) in [6.45, 7) is 0. The van der Waals surface area contributed by atoms with Gasteiger partial charge in [0.1, 0.15) is 18.8 Å². The molecule has 0 aromatic carbocycles. The van der Waals surface area contributed by atoms with Crippen LogP contribution in [0.1, 0.15) is 12.8 Å². The van der Waals surface area contributed by atoms with Gasteiger partial charge in [-0.15, -0.1) is 0 Å². The molecule has 2 N–H and O–H groups in total. The monoisotopic (exact) mass is 289 g/mol. The van der Waals surface area contributed by atoms with Crippen molar-refractivity contribution in [3.8, 4) is 0 Å². The Kier molecular flexibility index (Phi) is 3.79. The summed E-state index contributed by atoms with van der Waals surface area (Å²) in [5.41, 5.74) is 0.520. The molecule has 0 bridgehead atoms. The third-order valence-electron chi connectivity index (χ3n) is 2.58. The van der Waals surface area contributed by atoms with Crippen LogP contribution in [0.4, 0.5) is 0 Å². The van der Waals surface area contributed by atoms with Crippen molar-refractivity contribution in [1.82, 2.24) is 0 Å². The number of primary sulfonamides is 1. The minimum absolute atomic E-state index is 0.114. The van der Waals surface area contributed by atoms with Crippen LogP contribution in [-0.2, 0) is 19.5 Å². The summed E-state index contributed by atoms with van der Waals surface area (Å²) >= 11 is 6.03. The minimum Gasteiger partial charge on any atom is -0.466 e. The Labute approximate surface area is 110 Å². The molecule has 98 valence electrons. The number of ether oxygens (including phenoxy) is 2. The minimum atomic E-state index is -3.88. The molecule has 0 saturated heterocycles. The molecule has 1 aliphatic heterocycles. The van der Waals surface area contributed by atoms with Crippen LogP contribution < -0.4 is 5.14 Å². The molecule has 2 rings (SSSR count). The van der Waals surface area contributed by atoms with Crippen molar-refractivity contribution in [2.75, 3.05) is 0 Å². The number of allylic oxidation sites excluding steroid dienone is 3. The molecule has 18 heavy (non-hydrogen) atoms. The second-order valence-electron chi connectivity index (χ2n) is 3.83. The molecule has 0 saturated carbocycles. The average Bonchev–Trinajstić information content (AvgIpc) is 2.32. The van der Waals surface area contributed by atoms with E-state index in [9.17, 15) is 8.42 Å². The maximum absolute atomic E-state index is 11.7. The third kappa shape index (κ3) is 2.77. The number of hydrogen-bond donors (Lipinski definition) is 1. The van der Waals surface area contributed by atoms with Gasteiger partial charge in [-0.1, -0.05) is 17.7 Å². The van der Waals surface area contributed by atoms with E-state index >= 15 is 0 Å². The van der Waals surface area contributed by atoms with Gasteiger partial charge >= 0.3 is 0 Å². The van der Waals surface area contributed by atoms with E-state index in [1.807, 2.05) is 6.08 Å². The third-order valence-corrected chi connectivity index (χ3v) is 4.12. The van der Waals surface area contributed by atoms with Gasteiger partial charge < -0.3 is 9.47 Å². The second-order valence-corrected chi connectivity index (χ2v) is 5.89. The van der Waals surface area contributed by atoms with Crippen LogP contribution in [0, 0.1) is 0 Å². The van der Waals surface area contributed by atoms with Crippen LogP contribution in [0.25, 0.3) is 0 Å². The van der Waals surface area contributed by atoms with Gasteiger partial charge in [0.25, 0.3) is 0 Å². The number of hydrogen-bond acceptors (Lipinski definition) is 4. The second kappa shape index (κ2) is 5.17. The zero-order valence-electron chi connectivity index (χ0n) is 9.37. The van der Waals surface area contributed by atoms with E-state index < -0.39 is 15.3 Å². The predicted octanol–water partition coefficient (Wildman–Crippen LogP) is 1.85. The lowest BCUT2D eigenvalue weighted by Crippen LogP contribution is -2.33. The van der Waals surface area contributed by atoms with Crippen LogP contribution in [-0.4, -0.2) is 13.7 Å². The summed E-state index contributed by atoms with van der Waals surface area (Å²) in [5, 5.41) is 4.52. The number of halogens is 1. The van der Waals surface area contributed by atoms with Gasteiger partial charge in [-0.3, -0.25) is 0 Å². The van der Waals surface area contributed by atoms with Gasteiger partial charge in [-0.2, -0.15) is 0 Å². The molecule has 0 spiro atoms. The van der Waals surface area contributed by atoms with E-state index in [1.165, 1.54) is 18.8 Å². The first kappa shape index (κ1) is 13.2. The van der Waals surface area contributed by atoms with Gasteiger partial charge in [0, 0.05) is 5.03 Å². The Morgan fingerprint density at radius 3 is 2.72 bits per heavy atom. The van der Waals surface area contributed by atoms with Crippen molar-refractivity contribution in [3.63, 3.8) is 0 Å². The lowest BCUT2D eigenvalue weighted by Gasteiger charge is -2.23. The van der Waals surface area contributed by atoms with Crippen LogP contribution in [0.2, 0.25) is 0 Å². The van der Waals surface area contributed by atoms with Crippen LogP contribution >= 0.6 is 11.6 Å². The average molecular weight is 290 g/mol. The van der Waals surface area contributed by atoms with Crippen LogP contribution in [0.15, 0.2) is 47.3 Å². The quantitative estimate of drug-likeness (QED) is 0.860. The Balaban J connectivity index is 2.44. The maximum Gasteiger partial charge on any atom is 0.223 e. The number of nitrogens with two attached hydrogens (primary N) is 1. The molecule has 1 unspecified atom stereocenters. The Morgan fingerprint density at radius 1 is 1.39 bits per heavy atom. The summed E-state index contributed by atoms with van der Waals surface area (Å²) in [6, 6.07) is 0. The molecule has 1 atom stereocenters. The van der Waals surface area contributed by atoms with Crippen molar-refractivity contribution >= 4 is 21.6 Å². The normalized spacial score (nSPS) is 21.1. The summed E-state index contributed by atoms with van der Waals surface area (Å²) in [7, 11) is -3.88. The van der Waals surface area contributed by atoms with Crippen LogP contribution in [0.3, 0.4) is 0 Å². The zero-order chi connectivity index (χ0) is 13.2. The molecule has 7 heteroatoms. The highest BCUT2D eigenvalue weighted by molar-refractivity contribution is 7.90.